The Kier molecular flexibility index (Phi) is 3.64. The van der Waals surface area contributed by atoms with Gasteiger partial charge in [0, 0.05) is 7.05 Å². The first-order chi connectivity index (χ1) is 8.22. The summed E-state index contributed by atoms with van der Waals surface area (Å²) in [4.78, 5) is 13.4. The summed E-state index contributed by atoms with van der Waals surface area (Å²) in [5.41, 5.74) is 7.56. The Bertz CT molecular complexity index is 418. The molecule has 1 aromatic carbocycles. The lowest BCUT2D eigenvalue weighted by molar-refractivity contribution is -0.118. The van der Waals surface area contributed by atoms with Gasteiger partial charge in [-0.15, -0.1) is 0 Å². The number of amides is 1. The number of nitrogens with two attached hydrogens (primary N) is 1. The minimum atomic E-state index is 0.0970. The largest absolute Gasteiger partial charge is 0.491 e. The van der Waals surface area contributed by atoms with Crippen molar-refractivity contribution in [1.29, 1.82) is 0 Å². The van der Waals surface area contributed by atoms with E-state index in [0.29, 0.717) is 19.6 Å². The quantitative estimate of drug-likeness (QED) is 0.858. The van der Waals surface area contributed by atoms with E-state index in [1.54, 1.807) is 11.9 Å². The van der Waals surface area contributed by atoms with Crippen molar-refractivity contribution in [2.75, 3.05) is 25.1 Å². The maximum atomic E-state index is 11.7. The van der Waals surface area contributed by atoms with Crippen LogP contribution in [0.3, 0.4) is 0 Å². The van der Waals surface area contributed by atoms with Gasteiger partial charge in [-0.2, -0.15) is 0 Å². The van der Waals surface area contributed by atoms with Crippen LogP contribution in [0.5, 0.6) is 5.75 Å². The van der Waals surface area contributed by atoms with Crippen LogP contribution >= 0.6 is 0 Å². The maximum absolute atomic E-state index is 11.7. The molecule has 4 heteroatoms. The number of hydrogen-bond acceptors (Lipinski definition) is 3. The standard InChI is InChI=1S/C13H18N2O2/c1-15-11-9-10(3-2-7-14)4-5-12(11)17-8-6-13(15)16/h4-5,9H,2-3,6-8,14H2,1H3. The third-order valence-corrected chi connectivity index (χ3v) is 3.00. The van der Waals surface area contributed by atoms with E-state index in [9.17, 15) is 4.79 Å². The second-order valence-electron chi connectivity index (χ2n) is 4.25. The zero-order valence-corrected chi connectivity index (χ0v) is 10.1. The minimum Gasteiger partial charge on any atom is -0.491 e. The molecular formula is C13H18N2O2. The van der Waals surface area contributed by atoms with Gasteiger partial charge in [0.15, 0.2) is 0 Å². The third kappa shape index (κ3) is 2.58. The number of nitrogens with zero attached hydrogens (tertiary/aromatic N) is 1. The van der Waals surface area contributed by atoms with Gasteiger partial charge < -0.3 is 15.4 Å². The first kappa shape index (κ1) is 11.9. The van der Waals surface area contributed by atoms with Gasteiger partial charge in [0.05, 0.1) is 18.7 Å². The van der Waals surface area contributed by atoms with Crippen LogP contribution in [0.15, 0.2) is 18.2 Å². The van der Waals surface area contributed by atoms with Crippen LogP contribution in [-0.4, -0.2) is 26.1 Å². The van der Waals surface area contributed by atoms with E-state index < -0.39 is 0 Å². The first-order valence-electron chi connectivity index (χ1n) is 5.94. The van der Waals surface area contributed by atoms with Crippen LogP contribution in [0.25, 0.3) is 0 Å². The van der Waals surface area contributed by atoms with Crippen LogP contribution in [-0.2, 0) is 11.2 Å². The van der Waals surface area contributed by atoms with Crippen molar-refractivity contribution >= 4 is 11.6 Å². The highest BCUT2D eigenvalue weighted by Gasteiger charge is 2.19. The van der Waals surface area contributed by atoms with Gasteiger partial charge in [0.1, 0.15) is 5.75 Å². The van der Waals surface area contributed by atoms with Crippen molar-refractivity contribution in [2.45, 2.75) is 19.3 Å². The molecule has 2 rings (SSSR count). The van der Waals surface area contributed by atoms with Crippen molar-refractivity contribution < 1.29 is 9.53 Å². The molecule has 17 heavy (non-hydrogen) atoms. The molecule has 0 spiro atoms. The van der Waals surface area contributed by atoms with Gasteiger partial charge in [-0.05, 0) is 37.1 Å². The highest BCUT2D eigenvalue weighted by Crippen LogP contribution is 2.31. The summed E-state index contributed by atoms with van der Waals surface area (Å²) < 4.78 is 5.56. The van der Waals surface area contributed by atoms with Gasteiger partial charge in [0.2, 0.25) is 5.91 Å². The van der Waals surface area contributed by atoms with Crippen molar-refractivity contribution in [3.8, 4) is 5.75 Å². The number of rotatable bonds is 3. The molecule has 4 nitrogen and oxygen atoms in total. The Morgan fingerprint density at radius 2 is 2.29 bits per heavy atom. The van der Waals surface area contributed by atoms with Crippen molar-refractivity contribution in [3.63, 3.8) is 0 Å². The van der Waals surface area contributed by atoms with Crippen LogP contribution < -0.4 is 15.4 Å². The van der Waals surface area contributed by atoms with Crippen LogP contribution in [0.4, 0.5) is 5.69 Å². The van der Waals surface area contributed by atoms with Gasteiger partial charge >= 0.3 is 0 Å². The lowest BCUT2D eigenvalue weighted by Crippen LogP contribution is -2.25. The molecule has 0 saturated carbocycles. The van der Waals surface area contributed by atoms with Gasteiger partial charge in [-0.3, -0.25) is 4.79 Å². The summed E-state index contributed by atoms with van der Waals surface area (Å²) in [6.45, 7) is 1.14. The molecule has 1 heterocycles. The molecule has 1 aliphatic rings. The molecule has 0 aliphatic carbocycles. The number of carbonyl (C=O) groups is 1. The van der Waals surface area contributed by atoms with E-state index in [4.69, 9.17) is 10.5 Å². The number of anilines is 1. The van der Waals surface area contributed by atoms with Crippen LogP contribution in [0.2, 0.25) is 0 Å². The highest BCUT2D eigenvalue weighted by atomic mass is 16.5. The van der Waals surface area contributed by atoms with E-state index in [1.807, 2.05) is 18.2 Å². The summed E-state index contributed by atoms with van der Waals surface area (Å²) in [7, 11) is 1.79. The molecule has 0 unspecified atom stereocenters. The smallest absolute Gasteiger partial charge is 0.230 e. The number of hydrogen-bond donors (Lipinski definition) is 1. The number of benzene rings is 1. The molecule has 2 N–H and O–H groups in total. The van der Waals surface area contributed by atoms with Gasteiger partial charge in [0.25, 0.3) is 0 Å². The van der Waals surface area contributed by atoms with Crippen molar-refractivity contribution in [2.24, 2.45) is 5.73 Å². The second-order valence-corrected chi connectivity index (χ2v) is 4.25. The summed E-state index contributed by atoms with van der Waals surface area (Å²) in [6.07, 6.45) is 2.33. The zero-order valence-electron chi connectivity index (χ0n) is 10.1. The average molecular weight is 234 g/mol. The van der Waals surface area contributed by atoms with Gasteiger partial charge in [-0.25, -0.2) is 0 Å². The van der Waals surface area contributed by atoms with Crippen molar-refractivity contribution in [1.82, 2.24) is 0 Å². The Morgan fingerprint density at radius 3 is 3.06 bits per heavy atom. The molecule has 92 valence electrons. The fourth-order valence-electron chi connectivity index (χ4n) is 1.96. The SMILES string of the molecule is CN1C(=O)CCOc2ccc(CCCN)cc21. The predicted molar refractivity (Wildman–Crippen MR) is 67.3 cm³/mol. The lowest BCUT2D eigenvalue weighted by atomic mass is 10.1. The Balaban J connectivity index is 2.28. The molecule has 0 saturated heterocycles. The normalized spacial score (nSPS) is 15.2. The molecule has 0 atom stereocenters. The van der Waals surface area contributed by atoms with Gasteiger partial charge in [-0.1, -0.05) is 6.07 Å². The van der Waals surface area contributed by atoms with Crippen molar-refractivity contribution in [3.05, 3.63) is 23.8 Å². The molecule has 1 amide bonds. The van der Waals surface area contributed by atoms with E-state index in [2.05, 4.69) is 0 Å². The molecular weight excluding hydrogens is 216 g/mol. The number of carbonyl (C=O) groups excluding carboxylic acids is 1. The second kappa shape index (κ2) is 5.19. The molecule has 1 aromatic rings. The lowest BCUT2D eigenvalue weighted by Gasteiger charge is -2.17. The maximum Gasteiger partial charge on any atom is 0.230 e. The topological polar surface area (TPSA) is 55.6 Å². The molecule has 0 aromatic heterocycles. The Morgan fingerprint density at radius 1 is 1.47 bits per heavy atom. The zero-order chi connectivity index (χ0) is 12.3. The summed E-state index contributed by atoms with van der Waals surface area (Å²) in [5.74, 6) is 0.884. The number of fused-ring (bicyclic) bond motifs is 1. The third-order valence-electron chi connectivity index (χ3n) is 3.00. The fraction of sp³-hybridized carbons (Fsp3) is 0.462. The van der Waals surface area contributed by atoms with E-state index in [-0.39, 0.29) is 5.91 Å². The Labute approximate surface area is 101 Å². The minimum absolute atomic E-state index is 0.0970. The molecule has 0 bridgehead atoms. The number of ether oxygens (including phenoxy) is 1. The van der Waals surface area contributed by atoms with E-state index in [1.165, 1.54) is 5.56 Å². The van der Waals surface area contributed by atoms with E-state index >= 15 is 0 Å². The first-order valence-corrected chi connectivity index (χ1v) is 5.94. The summed E-state index contributed by atoms with van der Waals surface area (Å²) in [5, 5.41) is 0. The van der Waals surface area contributed by atoms with Crippen LogP contribution in [0, 0.1) is 0 Å². The molecule has 0 radical (unpaired) electrons. The molecule has 0 fully saturated rings. The van der Waals surface area contributed by atoms with E-state index in [0.717, 1.165) is 24.3 Å². The predicted octanol–water partition coefficient (Wildman–Crippen LogP) is 1.32. The fourth-order valence-corrected chi connectivity index (χ4v) is 1.96. The average Bonchev–Trinajstić information content (AvgIpc) is 2.48. The van der Waals surface area contributed by atoms with Crippen LogP contribution in [0.1, 0.15) is 18.4 Å². The highest BCUT2D eigenvalue weighted by molar-refractivity contribution is 5.95. The summed E-state index contributed by atoms with van der Waals surface area (Å²) >= 11 is 0. The Hall–Kier alpha value is -1.55. The summed E-state index contributed by atoms with van der Waals surface area (Å²) in [6, 6.07) is 6.00. The monoisotopic (exact) mass is 234 g/mol. The molecule has 1 aliphatic heterocycles. The number of aryl methyl sites for hydroxylation is 1.